The average Bonchev–Trinajstić information content (AvgIpc) is 2.29. The van der Waals surface area contributed by atoms with Crippen molar-refractivity contribution >= 4 is 23.1 Å². The quantitative estimate of drug-likeness (QED) is 0.467. The molecule has 6 heteroatoms. The minimum Gasteiger partial charge on any atom is -0.377 e. The fraction of sp³-hybridized carbons (Fsp3) is 0.500. The summed E-state index contributed by atoms with van der Waals surface area (Å²) in [4.78, 5) is 10.3. The molecule has 100 valence electrons. The zero-order valence-corrected chi connectivity index (χ0v) is 11.3. The van der Waals surface area contributed by atoms with Crippen molar-refractivity contribution < 1.29 is 9.31 Å². The van der Waals surface area contributed by atoms with Gasteiger partial charge >= 0.3 is 0 Å². The molecule has 18 heavy (non-hydrogen) atoms. The molecule has 0 radical (unpaired) electrons. The number of hydrogen-bond acceptors (Lipinski definition) is 4. The van der Waals surface area contributed by atoms with Crippen molar-refractivity contribution in [1.29, 1.82) is 0 Å². The summed E-state index contributed by atoms with van der Waals surface area (Å²) in [5.41, 5.74) is 0.153. The molecule has 0 aliphatic heterocycles. The first-order valence-electron chi connectivity index (χ1n) is 5.82. The van der Waals surface area contributed by atoms with Crippen molar-refractivity contribution in [3.63, 3.8) is 0 Å². The Bertz CT molecular complexity index is 415. The van der Waals surface area contributed by atoms with Gasteiger partial charge in [0.15, 0.2) is 0 Å². The number of anilines is 1. The number of thioether (sulfide) groups is 1. The van der Waals surface area contributed by atoms with Gasteiger partial charge in [-0.3, -0.25) is 10.1 Å². The molecule has 0 bridgehead atoms. The van der Waals surface area contributed by atoms with Crippen molar-refractivity contribution in [3.05, 3.63) is 34.1 Å². The van der Waals surface area contributed by atoms with E-state index in [9.17, 15) is 14.5 Å². The van der Waals surface area contributed by atoms with Crippen molar-refractivity contribution in [2.75, 3.05) is 16.8 Å². The van der Waals surface area contributed by atoms with E-state index in [4.69, 9.17) is 0 Å². The van der Waals surface area contributed by atoms with Crippen LogP contribution in [0.15, 0.2) is 18.2 Å². The Balaban J connectivity index is 2.70. The lowest BCUT2D eigenvalue weighted by atomic mass is 10.2. The third-order valence-corrected chi connectivity index (χ3v) is 3.39. The fourth-order valence-electron chi connectivity index (χ4n) is 1.53. The highest BCUT2D eigenvalue weighted by atomic mass is 32.2. The number of nitrogens with zero attached hydrogens (tertiary/aromatic N) is 1. The van der Waals surface area contributed by atoms with Crippen LogP contribution in [-0.4, -0.2) is 22.5 Å². The summed E-state index contributed by atoms with van der Waals surface area (Å²) in [5, 5.41) is 13.8. The zero-order chi connectivity index (χ0) is 13.5. The largest absolute Gasteiger partial charge is 0.377 e. The number of halogens is 1. The first-order chi connectivity index (χ1) is 8.54. The lowest BCUT2D eigenvalue weighted by molar-refractivity contribution is -0.384. The Morgan fingerprint density at radius 2 is 2.28 bits per heavy atom. The standard InChI is InChI=1S/C12H17FN2O2S/c1-3-18-7-6-9(2)14-11-8-10(13)4-5-12(11)15(16)17/h4-5,8-9,14H,3,6-7H2,1-2H3. The average molecular weight is 272 g/mol. The number of hydrogen-bond donors (Lipinski definition) is 1. The van der Waals surface area contributed by atoms with Gasteiger partial charge in [-0.15, -0.1) is 0 Å². The van der Waals surface area contributed by atoms with Gasteiger partial charge in [0, 0.05) is 18.2 Å². The second-order valence-corrected chi connectivity index (χ2v) is 5.34. The number of nitro benzene ring substituents is 1. The van der Waals surface area contributed by atoms with Gasteiger partial charge in [-0.2, -0.15) is 11.8 Å². The molecule has 4 nitrogen and oxygen atoms in total. The summed E-state index contributed by atoms with van der Waals surface area (Å²) < 4.78 is 13.1. The Morgan fingerprint density at radius 1 is 1.56 bits per heavy atom. The van der Waals surface area contributed by atoms with Crippen LogP contribution in [-0.2, 0) is 0 Å². The van der Waals surface area contributed by atoms with E-state index in [1.165, 1.54) is 12.1 Å². The Hall–Kier alpha value is -1.30. The van der Waals surface area contributed by atoms with Gasteiger partial charge in [-0.25, -0.2) is 4.39 Å². The van der Waals surface area contributed by atoms with E-state index < -0.39 is 10.7 Å². The molecule has 1 aromatic carbocycles. The number of rotatable bonds is 7. The summed E-state index contributed by atoms with van der Waals surface area (Å²) in [7, 11) is 0. The third-order valence-electron chi connectivity index (χ3n) is 2.46. The molecule has 1 N–H and O–H groups in total. The highest BCUT2D eigenvalue weighted by molar-refractivity contribution is 7.99. The van der Waals surface area contributed by atoms with Crippen LogP contribution in [0.1, 0.15) is 20.3 Å². The lowest BCUT2D eigenvalue weighted by Gasteiger charge is -2.14. The van der Waals surface area contributed by atoms with E-state index in [1.807, 2.05) is 18.7 Å². The zero-order valence-electron chi connectivity index (χ0n) is 10.5. The normalized spacial score (nSPS) is 12.2. The predicted octanol–water partition coefficient (Wildman–Crippen LogP) is 3.68. The van der Waals surface area contributed by atoms with E-state index in [1.54, 1.807) is 0 Å². The van der Waals surface area contributed by atoms with Gasteiger partial charge in [-0.05, 0) is 30.9 Å². The number of benzene rings is 1. The van der Waals surface area contributed by atoms with Crippen LogP contribution in [0.25, 0.3) is 0 Å². The summed E-state index contributed by atoms with van der Waals surface area (Å²) in [6, 6.07) is 3.53. The van der Waals surface area contributed by atoms with Crippen molar-refractivity contribution in [2.45, 2.75) is 26.3 Å². The summed E-state index contributed by atoms with van der Waals surface area (Å²) >= 11 is 1.81. The minimum atomic E-state index is -0.505. The molecule has 0 aliphatic rings. The van der Waals surface area contributed by atoms with Crippen molar-refractivity contribution in [2.24, 2.45) is 0 Å². The number of nitro groups is 1. The van der Waals surface area contributed by atoms with E-state index in [2.05, 4.69) is 12.2 Å². The summed E-state index contributed by atoms with van der Waals surface area (Å²) in [6.07, 6.45) is 0.881. The van der Waals surface area contributed by atoms with E-state index in [0.717, 1.165) is 24.0 Å². The van der Waals surface area contributed by atoms with Gasteiger partial charge < -0.3 is 5.32 Å². The van der Waals surface area contributed by atoms with Crippen molar-refractivity contribution in [1.82, 2.24) is 0 Å². The second-order valence-electron chi connectivity index (χ2n) is 3.95. The number of nitrogens with one attached hydrogen (secondary N) is 1. The monoisotopic (exact) mass is 272 g/mol. The minimum absolute atomic E-state index is 0.0737. The van der Waals surface area contributed by atoms with Gasteiger partial charge in [0.05, 0.1) is 4.92 Å². The van der Waals surface area contributed by atoms with Crippen molar-refractivity contribution in [3.8, 4) is 0 Å². The van der Waals surface area contributed by atoms with E-state index in [-0.39, 0.29) is 17.4 Å². The molecule has 0 heterocycles. The molecule has 0 amide bonds. The molecule has 1 rings (SSSR count). The first-order valence-corrected chi connectivity index (χ1v) is 6.98. The van der Waals surface area contributed by atoms with Crippen LogP contribution in [0.4, 0.5) is 15.8 Å². The Kier molecular flexibility index (Phi) is 5.91. The summed E-state index contributed by atoms with van der Waals surface area (Å²) in [5.74, 6) is 1.55. The molecule has 1 aromatic rings. The molecule has 0 aliphatic carbocycles. The predicted molar refractivity (Wildman–Crippen MR) is 73.8 cm³/mol. The maximum absolute atomic E-state index is 13.1. The highest BCUT2D eigenvalue weighted by Crippen LogP contribution is 2.26. The molecular formula is C12H17FN2O2S. The van der Waals surface area contributed by atoms with Gasteiger partial charge in [0.2, 0.25) is 0 Å². The van der Waals surface area contributed by atoms with Crippen LogP contribution in [0.5, 0.6) is 0 Å². The molecule has 0 saturated heterocycles. The summed E-state index contributed by atoms with van der Waals surface area (Å²) in [6.45, 7) is 4.02. The second kappa shape index (κ2) is 7.20. The van der Waals surface area contributed by atoms with Crippen LogP contribution in [0, 0.1) is 15.9 Å². The smallest absolute Gasteiger partial charge is 0.292 e. The topological polar surface area (TPSA) is 55.2 Å². The SMILES string of the molecule is CCSCCC(C)Nc1cc(F)ccc1[N+](=O)[O-]. The third kappa shape index (κ3) is 4.52. The molecular weight excluding hydrogens is 255 g/mol. The molecule has 0 spiro atoms. The molecule has 0 saturated carbocycles. The maximum Gasteiger partial charge on any atom is 0.292 e. The Morgan fingerprint density at radius 3 is 2.89 bits per heavy atom. The van der Waals surface area contributed by atoms with Crippen LogP contribution in [0.3, 0.4) is 0 Å². The molecule has 1 unspecified atom stereocenters. The molecule has 0 fully saturated rings. The maximum atomic E-state index is 13.1. The Labute approximate surface area is 110 Å². The van der Waals surface area contributed by atoms with Crippen LogP contribution in [0.2, 0.25) is 0 Å². The highest BCUT2D eigenvalue weighted by Gasteiger charge is 2.15. The van der Waals surface area contributed by atoms with Crippen LogP contribution < -0.4 is 5.32 Å². The van der Waals surface area contributed by atoms with Gasteiger partial charge in [0.25, 0.3) is 5.69 Å². The van der Waals surface area contributed by atoms with E-state index >= 15 is 0 Å². The molecule has 0 aromatic heterocycles. The lowest BCUT2D eigenvalue weighted by Crippen LogP contribution is -2.17. The van der Waals surface area contributed by atoms with Gasteiger partial charge in [0.1, 0.15) is 11.5 Å². The van der Waals surface area contributed by atoms with Gasteiger partial charge in [-0.1, -0.05) is 6.92 Å². The van der Waals surface area contributed by atoms with Crippen LogP contribution >= 0.6 is 11.8 Å². The first kappa shape index (κ1) is 14.8. The fourth-order valence-corrected chi connectivity index (χ4v) is 2.33. The molecule has 1 atom stereocenters. The van der Waals surface area contributed by atoms with E-state index in [0.29, 0.717) is 0 Å².